The summed E-state index contributed by atoms with van der Waals surface area (Å²) in [6.07, 6.45) is 0.445. The number of rotatable bonds is 7. The van der Waals surface area contributed by atoms with Gasteiger partial charge in [0.2, 0.25) is 0 Å². The lowest BCUT2D eigenvalue weighted by Gasteiger charge is -2.19. The van der Waals surface area contributed by atoms with Gasteiger partial charge < -0.3 is 24.2 Å². The molecule has 0 bridgehead atoms. The van der Waals surface area contributed by atoms with Gasteiger partial charge in [0.25, 0.3) is 5.89 Å². The van der Waals surface area contributed by atoms with Crippen molar-refractivity contribution in [1.82, 2.24) is 15.0 Å². The number of nitrogens with zero attached hydrogens (tertiary/aromatic N) is 3. The molecule has 8 nitrogen and oxygen atoms in total. The minimum absolute atomic E-state index is 0.323. The highest BCUT2D eigenvalue weighted by molar-refractivity contribution is 6.32. The number of carbonyl (C=O) groups excluding carboxylic acids is 1. The van der Waals surface area contributed by atoms with Crippen LogP contribution in [-0.2, 0) is 6.42 Å². The number of ether oxygens (including phenoxy) is 2. The van der Waals surface area contributed by atoms with Crippen LogP contribution in [0.4, 0.5) is 10.5 Å². The van der Waals surface area contributed by atoms with Crippen molar-refractivity contribution < 1.29 is 18.8 Å². The van der Waals surface area contributed by atoms with Crippen LogP contribution in [0.15, 0.2) is 47.0 Å². The number of aromatic nitrogens is 2. The Balaban J connectivity index is 1.60. The first-order valence-corrected chi connectivity index (χ1v) is 9.21. The Labute approximate surface area is 173 Å². The Morgan fingerprint density at radius 1 is 1.17 bits per heavy atom. The maximum Gasteiger partial charge on any atom is 0.321 e. The van der Waals surface area contributed by atoms with E-state index in [0.717, 1.165) is 5.56 Å². The molecule has 9 heteroatoms. The first-order valence-electron chi connectivity index (χ1n) is 8.83. The van der Waals surface area contributed by atoms with Gasteiger partial charge in [0, 0.05) is 31.6 Å². The van der Waals surface area contributed by atoms with Gasteiger partial charge in [-0.2, -0.15) is 4.98 Å². The number of benzene rings is 2. The van der Waals surface area contributed by atoms with Gasteiger partial charge >= 0.3 is 6.03 Å². The predicted molar refractivity (Wildman–Crippen MR) is 110 cm³/mol. The summed E-state index contributed by atoms with van der Waals surface area (Å²) in [6, 6.07) is 12.4. The SMILES string of the molecule is COc1cc(OC)c(NC(=O)N(C)CCc2noc(-c3ccccc3)n2)cc1Cl. The van der Waals surface area contributed by atoms with Crippen LogP contribution in [0.2, 0.25) is 5.02 Å². The van der Waals surface area contributed by atoms with E-state index in [1.165, 1.54) is 19.1 Å². The molecule has 2 amide bonds. The van der Waals surface area contributed by atoms with Crippen molar-refractivity contribution in [2.24, 2.45) is 0 Å². The highest BCUT2D eigenvalue weighted by Crippen LogP contribution is 2.35. The second-order valence-electron chi connectivity index (χ2n) is 6.17. The number of urea groups is 1. The second-order valence-corrected chi connectivity index (χ2v) is 6.58. The molecule has 1 heterocycles. The zero-order chi connectivity index (χ0) is 20.8. The Kier molecular flexibility index (Phi) is 6.56. The Morgan fingerprint density at radius 3 is 2.59 bits per heavy atom. The minimum Gasteiger partial charge on any atom is -0.495 e. The molecule has 0 aliphatic carbocycles. The lowest BCUT2D eigenvalue weighted by molar-refractivity contribution is 0.222. The third-order valence-corrected chi connectivity index (χ3v) is 4.52. The van der Waals surface area contributed by atoms with Crippen molar-refractivity contribution in [2.45, 2.75) is 6.42 Å². The van der Waals surface area contributed by atoms with E-state index in [9.17, 15) is 4.79 Å². The summed E-state index contributed by atoms with van der Waals surface area (Å²) in [5, 5.41) is 7.12. The summed E-state index contributed by atoms with van der Waals surface area (Å²) in [4.78, 5) is 18.4. The smallest absolute Gasteiger partial charge is 0.321 e. The van der Waals surface area contributed by atoms with E-state index in [4.69, 9.17) is 25.6 Å². The van der Waals surface area contributed by atoms with Gasteiger partial charge in [0.15, 0.2) is 5.82 Å². The van der Waals surface area contributed by atoms with Crippen LogP contribution in [0.3, 0.4) is 0 Å². The van der Waals surface area contributed by atoms with E-state index >= 15 is 0 Å². The number of carbonyl (C=O) groups is 1. The number of amides is 2. The fourth-order valence-corrected chi connectivity index (χ4v) is 2.83. The lowest BCUT2D eigenvalue weighted by Crippen LogP contribution is -2.33. The molecule has 3 aromatic rings. The number of methoxy groups -OCH3 is 2. The molecule has 0 atom stereocenters. The number of halogens is 1. The largest absolute Gasteiger partial charge is 0.495 e. The molecule has 0 unspecified atom stereocenters. The van der Waals surface area contributed by atoms with Gasteiger partial charge in [-0.25, -0.2) is 4.79 Å². The van der Waals surface area contributed by atoms with E-state index in [2.05, 4.69) is 15.5 Å². The van der Waals surface area contributed by atoms with E-state index in [1.807, 2.05) is 30.3 Å². The van der Waals surface area contributed by atoms with Gasteiger partial charge in [-0.1, -0.05) is 35.0 Å². The summed E-state index contributed by atoms with van der Waals surface area (Å²) in [7, 11) is 4.68. The van der Waals surface area contributed by atoms with Crippen molar-refractivity contribution in [3.63, 3.8) is 0 Å². The van der Waals surface area contributed by atoms with E-state index in [0.29, 0.717) is 46.9 Å². The number of hydrogen-bond donors (Lipinski definition) is 1. The standard InChI is InChI=1S/C20H21ClN4O4/c1-25(10-9-18-23-19(29-24-18)13-7-5-4-6-8-13)20(26)22-15-11-14(21)16(27-2)12-17(15)28-3/h4-8,11-12H,9-10H2,1-3H3,(H,22,26). The summed E-state index contributed by atoms with van der Waals surface area (Å²) >= 11 is 6.14. The molecule has 0 fully saturated rings. The maximum absolute atomic E-state index is 12.5. The molecule has 152 valence electrons. The third kappa shape index (κ3) is 4.97. The van der Waals surface area contributed by atoms with Crippen molar-refractivity contribution in [2.75, 3.05) is 33.1 Å². The first kappa shape index (κ1) is 20.5. The number of anilines is 1. The van der Waals surface area contributed by atoms with Gasteiger partial charge in [-0.15, -0.1) is 0 Å². The molecule has 0 aliphatic heterocycles. The minimum atomic E-state index is -0.323. The molecule has 3 rings (SSSR count). The molecule has 2 aromatic carbocycles. The predicted octanol–water partition coefficient (Wildman–Crippen LogP) is 4.11. The average Bonchev–Trinajstić information content (AvgIpc) is 3.22. The van der Waals surface area contributed by atoms with Crippen LogP contribution < -0.4 is 14.8 Å². The zero-order valence-corrected chi connectivity index (χ0v) is 17.1. The van der Waals surface area contributed by atoms with E-state index in [1.54, 1.807) is 19.2 Å². The highest BCUT2D eigenvalue weighted by Gasteiger charge is 2.16. The second kappa shape index (κ2) is 9.29. The Hall–Kier alpha value is -3.26. The highest BCUT2D eigenvalue weighted by atomic mass is 35.5. The first-order chi connectivity index (χ1) is 14.0. The maximum atomic E-state index is 12.5. The fraction of sp³-hybridized carbons (Fsp3) is 0.250. The molecule has 1 N–H and O–H groups in total. The third-order valence-electron chi connectivity index (χ3n) is 4.22. The summed E-state index contributed by atoms with van der Waals surface area (Å²) in [5.41, 5.74) is 1.29. The van der Waals surface area contributed by atoms with Crippen LogP contribution in [0.1, 0.15) is 5.82 Å². The molecule has 0 radical (unpaired) electrons. The van der Waals surface area contributed by atoms with Crippen LogP contribution in [0, 0.1) is 0 Å². The van der Waals surface area contributed by atoms with Crippen LogP contribution in [-0.4, -0.2) is 48.9 Å². The van der Waals surface area contributed by atoms with Gasteiger partial charge in [-0.3, -0.25) is 0 Å². The van der Waals surface area contributed by atoms with Crippen LogP contribution in [0.5, 0.6) is 11.5 Å². The molecule has 1 aromatic heterocycles. The van der Waals surface area contributed by atoms with Crippen molar-refractivity contribution in [3.05, 3.63) is 53.3 Å². The lowest BCUT2D eigenvalue weighted by atomic mass is 10.2. The molecule has 29 heavy (non-hydrogen) atoms. The summed E-state index contributed by atoms with van der Waals surface area (Å²) in [5.74, 6) is 1.87. The number of nitrogens with one attached hydrogen (secondary N) is 1. The van der Waals surface area contributed by atoms with Gasteiger partial charge in [-0.05, 0) is 18.2 Å². The normalized spacial score (nSPS) is 10.5. The molecule has 0 saturated heterocycles. The van der Waals surface area contributed by atoms with E-state index in [-0.39, 0.29) is 6.03 Å². The van der Waals surface area contributed by atoms with Gasteiger partial charge in [0.05, 0.1) is 24.9 Å². The molecule has 0 aliphatic rings. The summed E-state index contributed by atoms with van der Waals surface area (Å²) < 4.78 is 15.7. The van der Waals surface area contributed by atoms with Gasteiger partial charge in [0.1, 0.15) is 11.5 Å². The fourth-order valence-electron chi connectivity index (χ4n) is 2.59. The van der Waals surface area contributed by atoms with Crippen LogP contribution in [0.25, 0.3) is 11.5 Å². The monoisotopic (exact) mass is 416 g/mol. The Bertz CT molecular complexity index is 978. The molecular weight excluding hydrogens is 396 g/mol. The Morgan fingerprint density at radius 2 is 1.90 bits per heavy atom. The number of hydrogen-bond acceptors (Lipinski definition) is 6. The number of likely N-dealkylation sites (N-methyl/N-ethyl adjacent to an activating group) is 1. The van der Waals surface area contributed by atoms with E-state index < -0.39 is 0 Å². The van der Waals surface area contributed by atoms with Crippen molar-refractivity contribution >= 4 is 23.3 Å². The summed E-state index contributed by atoms with van der Waals surface area (Å²) in [6.45, 7) is 0.395. The quantitative estimate of drug-likeness (QED) is 0.623. The molecule has 0 saturated carbocycles. The van der Waals surface area contributed by atoms with Crippen LogP contribution >= 0.6 is 11.6 Å². The average molecular weight is 417 g/mol. The molecular formula is C20H21ClN4O4. The van der Waals surface area contributed by atoms with Crippen molar-refractivity contribution in [3.8, 4) is 23.0 Å². The molecule has 0 spiro atoms. The zero-order valence-electron chi connectivity index (χ0n) is 16.3. The topological polar surface area (TPSA) is 89.7 Å². The van der Waals surface area contributed by atoms with Crippen molar-refractivity contribution in [1.29, 1.82) is 0 Å².